The third-order valence-corrected chi connectivity index (χ3v) is 2.55. The number of para-hydroxylation sites is 1. The van der Waals surface area contributed by atoms with Crippen molar-refractivity contribution in [1.29, 1.82) is 0 Å². The fourth-order valence-electron chi connectivity index (χ4n) is 1.67. The number of hydrogen-bond donors (Lipinski definition) is 1. The molecule has 1 aliphatic heterocycles. The number of ether oxygens (including phenoxy) is 1. The van der Waals surface area contributed by atoms with Gasteiger partial charge in [-0.05, 0) is 6.07 Å². The highest BCUT2D eigenvalue weighted by atomic mass is 19.3. The topological polar surface area (TPSA) is 35.2 Å². The molecule has 0 saturated heterocycles. The van der Waals surface area contributed by atoms with Crippen LogP contribution in [0.15, 0.2) is 24.3 Å². The van der Waals surface area contributed by atoms with Crippen LogP contribution in [0.3, 0.4) is 0 Å². The van der Waals surface area contributed by atoms with Crippen LogP contribution in [0, 0.1) is 0 Å². The van der Waals surface area contributed by atoms with Crippen LogP contribution < -0.4 is 10.5 Å². The Kier molecular flexibility index (Phi) is 2.15. The number of rotatable bonds is 1. The lowest BCUT2D eigenvalue weighted by Gasteiger charge is -2.34. The second kappa shape index (κ2) is 3.20. The van der Waals surface area contributed by atoms with E-state index in [0.717, 1.165) is 0 Å². The Hall–Kier alpha value is -1.16. The molecule has 1 atom stereocenters. The average Bonchev–Trinajstić information content (AvgIpc) is 2.18. The fourth-order valence-corrected chi connectivity index (χ4v) is 1.67. The predicted octanol–water partition coefficient (Wildman–Crippen LogP) is 1.89. The highest BCUT2D eigenvalue weighted by Gasteiger charge is 2.41. The average molecular weight is 199 g/mol. The highest BCUT2D eigenvalue weighted by molar-refractivity contribution is 5.41. The number of nitrogens with two attached hydrogens (primary N) is 1. The summed E-state index contributed by atoms with van der Waals surface area (Å²) in [4.78, 5) is 0. The Morgan fingerprint density at radius 3 is 2.79 bits per heavy atom. The van der Waals surface area contributed by atoms with E-state index < -0.39 is 12.0 Å². The molecule has 0 saturated carbocycles. The molecular weight excluding hydrogens is 188 g/mol. The molecule has 0 aliphatic carbocycles. The first-order valence-electron chi connectivity index (χ1n) is 4.44. The van der Waals surface area contributed by atoms with Gasteiger partial charge < -0.3 is 10.5 Å². The molecule has 0 radical (unpaired) electrons. The first kappa shape index (κ1) is 9.40. The SMILES string of the molecule is NC1(C(F)F)CCOc2ccccc21. The molecule has 0 amide bonds. The minimum atomic E-state index is -2.56. The number of benzene rings is 1. The minimum Gasteiger partial charge on any atom is -0.493 e. The third-order valence-electron chi connectivity index (χ3n) is 2.55. The number of hydrogen-bond acceptors (Lipinski definition) is 2. The summed E-state index contributed by atoms with van der Waals surface area (Å²) in [6, 6.07) is 6.70. The monoisotopic (exact) mass is 199 g/mol. The van der Waals surface area contributed by atoms with Gasteiger partial charge in [-0.1, -0.05) is 18.2 Å². The summed E-state index contributed by atoms with van der Waals surface area (Å²) in [5.74, 6) is 0.474. The van der Waals surface area contributed by atoms with E-state index in [-0.39, 0.29) is 13.0 Å². The van der Waals surface area contributed by atoms with Crippen molar-refractivity contribution in [3.8, 4) is 5.75 Å². The van der Waals surface area contributed by atoms with E-state index in [2.05, 4.69) is 0 Å². The van der Waals surface area contributed by atoms with Crippen LogP contribution in [0.1, 0.15) is 12.0 Å². The second-order valence-electron chi connectivity index (χ2n) is 3.44. The molecular formula is C10H11F2NO. The van der Waals surface area contributed by atoms with Crippen molar-refractivity contribution in [2.75, 3.05) is 6.61 Å². The summed E-state index contributed by atoms with van der Waals surface area (Å²) < 4.78 is 30.9. The van der Waals surface area contributed by atoms with Gasteiger partial charge in [0.2, 0.25) is 0 Å². The van der Waals surface area contributed by atoms with E-state index >= 15 is 0 Å². The van der Waals surface area contributed by atoms with Crippen LogP contribution in [0.4, 0.5) is 8.78 Å². The molecule has 1 aliphatic rings. The van der Waals surface area contributed by atoms with Gasteiger partial charge in [-0.3, -0.25) is 0 Å². The molecule has 0 aromatic heterocycles. The van der Waals surface area contributed by atoms with Crippen LogP contribution in [-0.2, 0) is 5.54 Å². The molecule has 2 nitrogen and oxygen atoms in total. The van der Waals surface area contributed by atoms with Crippen LogP contribution in [0.2, 0.25) is 0 Å². The molecule has 1 heterocycles. The van der Waals surface area contributed by atoms with Gasteiger partial charge >= 0.3 is 0 Å². The van der Waals surface area contributed by atoms with Crippen LogP contribution in [-0.4, -0.2) is 13.0 Å². The van der Waals surface area contributed by atoms with Gasteiger partial charge in [-0.15, -0.1) is 0 Å². The molecule has 0 bridgehead atoms. The molecule has 76 valence electrons. The standard InChI is InChI=1S/C10H11F2NO/c11-9(12)10(13)5-6-14-8-4-2-1-3-7(8)10/h1-4,9H,5-6,13H2. The fraction of sp³-hybridized carbons (Fsp3) is 0.400. The third kappa shape index (κ3) is 1.26. The van der Waals surface area contributed by atoms with Gasteiger partial charge in [0.05, 0.1) is 6.61 Å². The summed E-state index contributed by atoms with van der Waals surface area (Å²) in [5, 5.41) is 0. The zero-order chi connectivity index (χ0) is 10.2. The number of halogens is 2. The Morgan fingerprint density at radius 1 is 1.36 bits per heavy atom. The quantitative estimate of drug-likeness (QED) is 0.749. The van der Waals surface area contributed by atoms with E-state index in [4.69, 9.17) is 10.5 Å². The number of alkyl halides is 2. The summed E-state index contributed by atoms with van der Waals surface area (Å²) >= 11 is 0. The van der Waals surface area contributed by atoms with Crippen molar-refractivity contribution in [1.82, 2.24) is 0 Å². The van der Waals surface area contributed by atoms with E-state index in [0.29, 0.717) is 11.3 Å². The highest BCUT2D eigenvalue weighted by Crippen LogP contribution is 2.38. The van der Waals surface area contributed by atoms with E-state index in [9.17, 15) is 8.78 Å². The maximum atomic E-state index is 12.8. The maximum absolute atomic E-state index is 12.8. The molecule has 14 heavy (non-hydrogen) atoms. The minimum absolute atomic E-state index is 0.154. The van der Waals surface area contributed by atoms with Crippen molar-refractivity contribution >= 4 is 0 Å². The summed E-state index contributed by atoms with van der Waals surface area (Å²) in [7, 11) is 0. The Morgan fingerprint density at radius 2 is 2.07 bits per heavy atom. The number of fused-ring (bicyclic) bond motifs is 1. The molecule has 1 unspecified atom stereocenters. The van der Waals surface area contributed by atoms with E-state index in [1.165, 1.54) is 0 Å². The van der Waals surface area contributed by atoms with Crippen molar-refractivity contribution < 1.29 is 13.5 Å². The lowest BCUT2D eigenvalue weighted by Crippen LogP contribution is -2.47. The summed E-state index contributed by atoms with van der Waals surface area (Å²) in [6.07, 6.45) is -2.41. The largest absolute Gasteiger partial charge is 0.493 e. The van der Waals surface area contributed by atoms with Crippen LogP contribution in [0.5, 0.6) is 5.75 Å². The molecule has 2 rings (SSSR count). The zero-order valence-electron chi connectivity index (χ0n) is 7.54. The van der Waals surface area contributed by atoms with Gasteiger partial charge in [0.15, 0.2) is 0 Å². The summed E-state index contributed by atoms with van der Waals surface area (Å²) in [5.41, 5.74) is 4.54. The van der Waals surface area contributed by atoms with Gasteiger partial charge in [0.1, 0.15) is 11.3 Å². The van der Waals surface area contributed by atoms with Crippen LogP contribution >= 0.6 is 0 Å². The van der Waals surface area contributed by atoms with Crippen LogP contribution in [0.25, 0.3) is 0 Å². The van der Waals surface area contributed by atoms with Gasteiger partial charge in [-0.2, -0.15) is 0 Å². The van der Waals surface area contributed by atoms with E-state index in [1.54, 1.807) is 24.3 Å². The smallest absolute Gasteiger partial charge is 0.260 e. The van der Waals surface area contributed by atoms with Crippen molar-refractivity contribution in [2.24, 2.45) is 5.73 Å². The lowest BCUT2D eigenvalue weighted by atomic mass is 9.86. The normalized spacial score (nSPS) is 25.7. The second-order valence-corrected chi connectivity index (χ2v) is 3.44. The zero-order valence-corrected chi connectivity index (χ0v) is 7.54. The Labute approximate surface area is 80.7 Å². The van der Waals surface area contributed by atoms with Crippen molar-refractivity contribution in [3.63, 3.8) is 0 Å². The van der Waals surface area contributed by atoms with Gasteiger partial charge in [-0.25, -0.2) is 8.78 Å². The maximum Gasteiger partial charge on any atom is 0.260 e. The first-order valence-corrected chi connectivity index (χ1v) is 4.44. The molecule has 2 N–H and O–H groups in total. The Bertz CT molecular complexity index is 343. The van der Waals surface area contributed by atoms with Crippen molar-refractivity contribution in [3.05, 3.63) is 29.8 Å². The Balaban J connectivity index is 2.50. The van der Waals surface area contributed by atoms with Crippen molar-refractivity contribution in [2.45, 2.75) is 18.4 Å². The molecule has 0 fully saturated rings. The summed E-state index contributed by atoms with van der Waals surface area (Å²) in [6.45, 7) is 0.248. The van der Waals surface area contributed by atoms with Gasteiger partial charge in [0, 0.05) is 12.0 Å². The molecule has 0 spiro atoms. The van der Waals surface area contributed by atoms with E-state index in [1.807, 2.05) is 0 Å². The molecule has 4 heteroatoms. The molecule has 1 aromatic carbocycles. The molecule has 1 aromatic rings. The van der Waals surface area contributed by atoms with Gasteiger partial charge in [0.25, 0.3) is 6.43 Å². The lowest BCUT2D eigenvalue weighted by molar-refractivity contribution is 0.0263. The predicted molar refractivity (Wildman–Crippen MR) is 48.4 cm³/mol. The first-order chi connectivity index (χ1) is 6.64.